The zero-order valence-electron chi connectivity index (χ0n) is 22.4. The van der Waals surface area contributed by atoms with Crippen molar-refractivity contribution in [3.63, 3.8) is 0 Å². The number of nitrogens with zero attached hydrogens (tertiary/aromatic N) is 2. The minimum absolute atomic E-state index is 0.0385. The van der Waals surface area contributed by atoms with Gasteiger partial charge in [-0.05, 0) is 61.4 Å². The summed E-state index contributed by atoms with van der Waals surface area (Å²) in [5.41, 5.74) is 0.987. The predicted molar refractivity (Wildman–Crippen MR) is 153 cm³/mol. The van der Waals surface area contributed by atoms with E-state index in [-0.39, 0.29) is 27.9 Å². The molecule has 2 aliphatic rings. The number of sulfonamides is 1. The van der Waals surface area contributed by atoms with Gasteiger partial charge in [-0.1, -0.05) is 47.5 Å². The lowest BCUT2D eigenvalue weighted by molar-refractivity contribution is -0.605. The van der Waals surface area contributed by atoms with Crippen LogP contribution >= 0.6 is 23.2 Å². The molecule has 1 saturated heterocycles. The summed E-state index contributed by atoms with van der Waals surface area (Å²) in [7, 11) is -2.38. The molecule has 2 unspecified atom stereocenters. The van der Waals surface area contributed by atoms with Gasteiger partial charge in [0.2, 0.25) is 10.0 Å². The van der Waals surface area contributed by atoms with Gasteiger partial charge in [-0.25, -0.2) is 8.42 Å². The highest BCUT2D eigenvalue weighted by atomic mass is 35.5. The van der Waals surface area contributed by atoms with Gasteiger partial charge in [-0.15, -0.1) is 0 Å². The number of ether oxygens (including phenoxy) is 3. The number of hydrogen-bond donors (Lipinski definition) is 0. The van der Waals surface area contributed by atoms with Gasteiger partial charge in [0.15, 0.2) is 23.9 Å². The van der Waals surface area contributed by atoms with Crippen LogP contribution in [0.5, 0.6) is 11.5 Å². The van der Waals surface area contributed by atoms with E-state index in [0.717, 1.165) is 12.8 Å². The van der Waals surface area contributed by atoms with Gasteiger partial charge >= 0.3 is 5.97 Å². The maximum Gasteiger partial charge on any atom is 0.325 e. The van der Waals surface area contributed by atoms with Crippen molar-refractivity contribution in [3.05, 3.63) is 87.3 Å². The third-order valence-electron chi connectivity index (χ3n) is 7.26. The van der Waals surface area contributed by atoms with Crippen molar-refractivity contribution < 1.29 is 32.2 Å². The first-order chi connectivity index (χ1) is 19.7. The molecule has 9 nitrogen and oxygen atoms in total. The van der Waals surface area contributed by atoms with Crippen LogP contribution in [0.15, 0.2) is 65.8 Å². The first kappa shape index (κ1) is 29.4. The topological polar surface area (TPSA) is 109 Å². The Balaban J connectivity index is 1.46. The minimum Gasteiger partial charge on any atom is -0.619 e. The average Bonchev–Trinajstić information content (AvgIpc) is 3.65. The first-order valence-corrected chi connectivity index (χ1v) is 15.5. The molecular formula is C29H30Cl2N2O7S. The molecule has 2 atom stereocenters. The summed E-state index contributed by atoms with van der Waals surface area (Å²) in [6.07, 6.45) is 4.51. The third-order valence-corrected chi connectivity index (χ3v) is 9.84. The van der Waals surface area contributed by atoms with Gasteiger partial charge in [0.25, 0.3) is 0 Å². The summed E-state index contributed by atoms with van der Waals surface area (Å²) in [6, 6.07) is 12.2. The van der Waals surface area contributed by atoms with Gasteiger partial charge in [-0.3, -0.25) is 4.79 Å². The van der Waals surface area contributed by atoms with Crippen molar-refractivity contribution in [2.75, 3.05) is 20.3 Å². The summed E-state index contributed by atoms with van der Waals surface area (Å²) in [5.74, 6) is 0.830. The Morgan fingerprint density at radius 1 is 1.07 bits per heavy atom. The summed E-state index contributed by atoms with van der Waals surface area (Å²) in [4.78, 5) is 13.8. The van der Waals surface area contributed by atoms with Crippen LogP contribution in [0.2, 0.25) is 10.0 Å². The van der Waals surface area contributed by atoms with E-state index in [2.05, 4.69) is 0 Å². The third kappa shape index (κ3) is 6.72. The van der Waals surface area contributed by atoms with Crippen LogP contribution in [0.25, 0.3) is 0 Å². The van der Waals surface area contributed by atoms with Crippen molar-refractivity contribution in [1.29, 1.82) is 0 Å². The van der Waals surface area contributed by atoms with Crippen molar-refractivity contribution in [3.8, 4) is 11.5 Å². The molecule has 41 heavy (non-hydrogen) atoms. The molecule has 1 aromatic heterocycles. The number of carbonyl (C=O) groups excluding carboxylic acids is 1. The molecule has 3 aromatic rings. The lowest BCUT2D eigenvalue weighted by Gasteiger charge is -2.26. The van der Waals surface area contributed by atoms with Crippen LogP contribution in [0.3, 0.4) is 0 Å². The van der Waals surface area contributed by atoms with Crippen LogP contribution in [0.4, 0.5) is 0 Å². The molecule has 0 amide bonds. The SMILES string of the molecule is COc1ccc(C(Cc2c(Cl)c[n+]([O-])cc2Cl)OC(=O)C2CCCN2S(=O)(=O)c2ccccc2)cc1OCC1CC1. The normalized spacial score (nSPS) is 18.2. The molecule has 0 N–H and O–H groups in total. The number of esters is 1. The Kier molecular flexibility index (Phi) is 8.94. The standard InChI is InChI=1S/C29H30Cl2N2O7S/c1-38-26-12-11-20(14-28(26)39-18-19-9-10-19)27(15-22-23(30)16-32(35)17-24(22)31)40-29(34)25-8-5-13-33(25)41(36,37)21-6-3-2-4-7-21/h2-4,6-7,11-12,14,16-17,19,25,27H,5,8-10,13,15,18H2,1H3. The van der Waals surface area contributed by atoms with Crippen LogP contribution < -0.4 is 14.2 Å². The zero-order chi connectivity index (χ0) is 29.1. The summed E-state index contributed by atoms with van der Waals surface area (Å²) >= 11 is 12.7. The van der Waals surface area contributed by atoms with E-state index in [1.165, 1.54) is 28.8 Å². The molecule has 2 aromatic carbocycles. The monoisotopic (exact) mass is 620 g/mol. The Morgan fingerprint density at radius 2 is 1.78 bits per heavy atom. The molecule has 5 rings (SSSR count). The number of hydrogen-bond acceptors (Lipinski definition) is 7. The number of rotatable bonds is 11. The summed E-state index contributed by atoms with van der Waals surface area (Å²) in [5, 5.41) is 12.1. The number of aromatic nitrogens is 1. The lowest BCUT2D eigenvalue weighted by atomic mass is 10.0. The number of carbonyl (C=O) groups is 1. The zero-order valence-corrected chi connectivity index (χ0v) is 24.7. The quantitative estimate of drug-likeness (QED) is 0.166. The predicted octanol–water partition coefficient (Wildman–Crippen LogP) is 5.10. The van der Waals surface area contributed by atoms with E-state index in [4.69, 9.17) is 37.4 Å². The minimum atomic E-state index is -3.92. The average molecular weight is 622 g/mol. The second kappa shape index (κ2) is 12.4. The number of halogens is 2. The summed E-state index contributed by atoms with van der Waals surface area (Å²) in [6.45, 7) is 0.738. The van der Waals surface area contributed by atoms with Crippen LogP contribution in [0.1, 0.15) is 42.9 Å². The van der Waals surface area contributed by atoms with E-state index in [1.807, 2.05) is 0 Å². The molecule has 2 fully saturated rings. The molecule has 218 valence electrons. The molecule has 1 aliphatic carbocycles. The van der Waals surface area contributed by atoms with Gasteiger partial charge in [0.1, 0.15) is 22.2 Å². The van der Waals surface area contributed by atoms with Crippen molar-refractivity contribution in [2.24, 2.45) is 5.92 Å². The van der Waals surface area contributed by atoms with Crippen molar-refractivity contribution >= 4 is 39.2 Å². The smallest absolute Gasteiger partial charge is 0.325 e. The first-order valence-electron chi connectivity index (χ1n) is 13.3. The molecule has 0 bridgehead atoms. The highest BCUT2D eigenvalue weighted by molar-refractivity contribution is 7.89. The number of methoxy groups -OCH3 is 1. The largest absolute Gasteiger partial charge is 0.619 e. The van der Waals surface area contributed by atoms with Crippen molar-refractivity contribution in [1.82, 2.24) is 4.31 Å². The van der Waals surface area contributed by atoms with Gasteiger partial charge in [0.05, 0.1) is 18.6 Å². The second-order valence-corrected chi connectivity index (χ2v) is 12.9. The Labute approximate surface area is 249 Å². The summed E-state index contributed by atoms with van der Waals surface area (Å²) < 4.78 is 46.0. The van der Waals surface area contributed by atoms with E-state index >= 15 is 0 Å². The van der Waals surface area contributed by atoms with Gasteiger partial charge in [0, 0.05) is 18.5 Å². The Bertz CT molecular complexity index is 1490. The molecule has 2 heterocycles. The second-order valence-electron chi connectivity index (χ2n) is 10.2. The van der Waals surface area contributed by atoms with Crippen LogP contribution in [-0.4, -0.2) is 45.0 Å². The fourth-order valence-electron chi connectivity index (χ4n) is 4.85. The number of pyridine rings is 1. The fraction of sp³-hybridized carbons (Fsp3) is 0.379. The highest BCUT2D eigenvalue weighted by Gasteiger charge is 2.41. The molecule has 1 aliphatic heterocycles. The van der Waals surface area contributed by atoms with E-state index in [1.54, 1.807) is 43.5 Å². The highest BCUT2D eigenvalue weighted by Crippen LogP contribution is 2.38. The molecule has 12 heteroatoms. The lowest BCUT2D eigenvalue weighted by Crippen LogP contribution is -2.41. The fourth-order valence-corrected chi connectivity index (χ4v) is 7.11. The Morgan fingerprint density at radius 3 is 2.44 bits per heavy atom. The molecule has 1 saturated carbocycles. The van der Waals surface area contributed by atoms with Crippen LogP contribution in [-0.2, 0) is 26.0 Å². The van der Waals surface area contributed by atoms with E-state index in [9.17, 15) is 18.4 Å². The van der Waals surface area contributed by atoms with Crippen molar-refractivity contribution in [2.45, 2.75) is 49.1 Å². The van der Waals surface area contributed by atoms with Gasteiger partial charge < -0.3 is 19.4 Å². The molecule has 0 spiro atoms. The Hall–Kier alpha value is -3.05. The van der Waals surface area contributed by atoms with Crippen LogP contribution in [0, 0.1) is 11.1 Å². The maximum atomic E-state index is 13.7. The maximum absolute atomic E-state index is 13.7. The molecular weight excluding hydrogens is 591 g/mol. The van der Waals surface area contributed by atoms with Gasteiger partial charge in [-0.2, -0.15) is 9.04 Å². The van der Waals surface area contributed by atoms with E-state index in [0.29, 0.717) is 52.7 Å². The number of benzene rings is 2. The van der Waals surface area contributed by atoms with E-state index < -0.39 is 28.1 Å². The molecule has 0 radical (unpaired) electrons.